The zero-order valence-corrected chi connectivity index (χ0v) is 20.3. The van der Waals surface area contributed by atoms with Gasteiger partial charge in [0, 0.05) is 28.1 Å². The highest BCUT2D eigenvalue weighted by Crippen LogP contribution is 2.47. The van der Waals surface area contributed by atoms with Gasteiger partial charge in [-0.15, -0.1) is 0 Å². The number of phenolic OH excluding ortho intramolecular Hbond substituents is 1. The van der Waals surface area contributed by atoms with E-state index in [9.17, 15) is 24.3 Å². The number of methoxy groups -OCH3 is 2. The van der Waals surface area contributed by atoms with Gasteiger partial charge in [-0.05, 0) is 11.6 Å². The Hall–Kier alpha value is -4.92. The number of fused-ring (bicyclic) bond motifs is 5. The van der Waals surface area contributed by atoms with Crippen molar-refractivity contribution in [2.24, 2.45) is 5.41 Å². The number of phenols is 1. The molecule has 1 aliphatic heterocycles. The van der Waals surface area contributed by atoms with Gasteiger partial charge in [0.1, 0.15) is 22.7 Å². The smallest absolute Gasteiger partial charge is 0.342 e. The fraction of sp³-hybridized carbons (Fsp3) is 0.172. The van der Waals surface area contributed by atoms with Crippen LogP contribution in [0.25, 0.3) is 27.3 Å². The Labute approximate surface area is 215 Å². The monoisotopic (exact) mass is 512 g/mol. The normalized spacial score (nSPS) is 20.4. The van der Waals surface area contributed by atoms with Crippen molar-refractivity contribution in [3.05, 3.63) is 83.3 Å². The molecule has 6 rings (SSSR count). The average Bonchev–Trinajstić information content (AvgIpc) is 3.38. The second-order valence-electron chi connectivity index (χ2n) is 9.15. The third-order valence-electron chi connectivity index (χ3n) is 7.28. The molecule has 0 fully saturated rings. The van der Waals surface area contributed by atoms with Gasteiger partial charge in [-0.1, -0.05) is 48.5 Å². The summed E-state index contributed by atoms with van der Waals surface area (Å²) in [4.78, 5) is 53.3. The standard InChI is InChI=1S/C29H20O9/c1-35-27(33)21-18-11-20(38-24(18)17-10-6-5-9-16(17)22(21)30)19-13-37-26-23(31)15-8-4-3-7-14(15)12-29(26,25(19)32)28(34)36-2/h3-11,13,26,30H,12H2,1-2H3. The minimum atomic E-state index is -1.97. The summed E-state index contributed by atoms with van der Waals surface area (Å²) in [5.74, 6) is -3.24. The molecule has 4 aromatic rings. The van der Waals surface area contributed by atoms with Crippen LogP contribution < -0.4 is 0 Å². The molecule has 2 heterocycles. The molecule has 190 valence electrons. The first-order valence-electron chi connectivity index (χ1n) is 11.7. The lowest BCUT2D eigenvalue weighted by atomic mass is 9.64. The number of carbonyl (C=O) groups is 4. The molecule has 0 bridgehead atoms. The van der Waals surface area contributed by atoms with E-state index in [1.807, 2.05) is 0 Å². The van der Waals surface area contributed by atoms with Gasteiger partial charge in [-0.25, -0.2) is 4.79 Å². The largest absolute Gasteiger partial charge is 0.506 e. The lowest BCUT2D eigenvalue weighted by Gasteiger charge is -2.41. The highest BCUT2D eigenvalue weighted by molar-refractivity contribution is 6.32. The SMILES string of the molecule is COC(=O)c1c(O)c2ccccc2c2oc(C3=COC4C(=O)c5ccccc5CC4(C(=O)OC)C3=O)cc12. The van der Waals surface area contributed by atoms with E-state index in [0.29, 0.717) is 21.9 Å². The van der Waals surface area contributed by atoms with E-state index in [4.69, 9.17) is 18.6 Å². The molecular formula is C29H20O9. The van der Waals surface area contributed by atoms with E-state index in [1.165, 1.54) is 13.2 Å². The second kappa shape index (κ2) is 8.31. The number of ether oxygens (including phenoxy) is 3. The Morgan fingerprint density at radius 1 is 0.974 bits per heavy atom. The van der Waals surface area contributed by atoms with Gasteiger partial charge in [-0.3, -0.25) is 14.4 Å². The van der Waals surface area contributed by atoms with Gasteiger partial charge < -0.3 is 23.7 Å². The van der Waals surface area contributed by atoms with Gasteiger partial charge in [0.2, 0.25) is 5.78 Å². The van der Waals surface area contributed by atoms with Gasteiger partial charge in [0.05, 0.1) is 26.1 Å². The lowest BCUT2D eigenvalue weighted by molar-refractivity contribution is -0.164. The molecule has 2 atom stereocenters. The van der Waals surface area contributed by atoms with Crippen molar-refractivity contribution >= 4 is 50.8 Å². The topological polar surface area (TPSA) is 129 Å². The van der Waals surface area contributed by atoms with Gasteiger partial charge in [0.15, 0.2) is 17.3 Å². The van der Waals surface area contributed by atoms with Crippen LogP contribution in [-0.4, -0.2) is 48.9 Å². The fourth-order valence-corrected chi connectivity index (χ4v) is 5.47. The number of furan rings is 1. The molecule has 1 aromatic heterocycles. The van der Waals surface area contributed by atoms with Crippen LogP contribution in [0.5, 0.6) is 5.75 Å². The van der Waals surface area contributed by atoms with Crippen molar-refractivity contribution in [2.45, 2.75) is 12.5 Å². The highest BCUT2D eigenvalue weighted by atomic mass is 16.5. The van der Waals surface area contributed by atoms with Crippen LogP contribution in [0.4, 0.5) is 0 Å². The minimum absolute atomic E-state index is 0.0149. The summed E-state index contributed by atoms with van der Waals surface area (Å²) in [7, 11) is 2.33. The summed E-state index contributed by atoms with van der Waals surface area (Å²) >= 11 is 0. The van der Waals surface area contributed by atoms with E-state index >= 15 is 0 Å². The number of Topliss-reactive ketones (excluding diaryl/α,β-unsaturated/α-hetero) is 2. The number of allylic oxidation sites excluding steroid dienone is 1. The molecule has 0 saturated carbocycles. The quantitative estimate of drug-likeness (QED) is 0.320. The van der Waals surface area contributed by atoms with E-state index in [1.54, 1.807) is 48.5 Å². The predicted molar refractivity (Wildman–Crippen MR) is 134 cm³/mol. The van der Waals surface area contributed by atoms with Crippen LogP contribution in [0.15, 0.2) is 65.3 Å². The maximum atomic E-state index is 14.1. The molecule has 3 aromatic carbocycles. The van der Waals surface area contributed by atoms with Crippen molar-refractivity contribution < 1.29 is 42.9 Å². The van der Waals surface area contributed by atoms with Crippen molar-refractivity contribution in [3.63, 3.8) is 0 Å². The molecule has 0 saturated heterocycles. The molecule has 0 amide bonds. The Morgan fingerprint density at radius 3 is 2.42 bits per heavy atom. The van der Waals surface area contributed by atoms with Crippen LogP contribution in [-0.2, 0) is 30.2 Å². The van der Waals surface area contributed by atoms with Crippen LogP contribution in [0.1, 0.15) is 32.0 Å². The molecule has 2 aliphatic rings. The van der Waals surface area contributed by atoms with Crippen LogP contribution >= 0.6 is 0 Å². The van der Waals surface area contributed by atoms with Crippen molar-refractivity contribution in [3.8, 4) is 5.75 Å². The first-order valence-corrected chi connectivity index (χ1v) is 11.7. The first-order chi connectivity index (χ1) is 18.3. The molecule has 0 spiro atoms. The molecule has 1 N–H and O–H groups in total. The third-order valence-corrected chi connectivity index (χ3v) is 7.28. The lowest BCUT2D eigenvalue weighted by Crippen LogP contribution is -2.59. The number of ketones is 2. The number of hydrogen-bond acceptors (Lipinski definition) is 9. The number of hydrogen-bond donors (Lipinski definition) is 1. The van der Waals surface area contributed by atoms with Crippen molar-refractivity contribution in [1.82, 2.24) is 0 Å². The number of rotatable bonds is 3. The number of benzene rings is 3. The number of esters is 2. The van der Waals surface area contributed by atoms with E-state index in [-0.39, 0.29) is 40.0 Å². The summed E-state index contributed by atoms with van der Waals surface area (Å²) in [6.07, 6.45) is -0.432. The van der Waals surface area contributed by atoms with Crippen LogP contribution in [0.3, 0.4) is 0 Å². The number of carbonyl (C=O) groups excluding carboxylic acids is 4. The minimum Gasteiger partial charge on any atom is -0.506 e. The molecule has 38 heavy (non-hydrogen) atoms. The van der Waals surface area contributed by atoms with Gasteiger partial charge >= 0.3 is 11.9 Å². The zero-order valence-electron chi connectivity index (χ0n) is 20.3. The maximum Gasteiger partial charge on any atom is 0.342 e. The average molecular weight is 512 g/mol. The van der Waals surface area contributed by atoms with Crippen molar-refractivity contribution in [1.29, 1.82) is 0 Å². The summed E-state index contributed by atoms with van der Waals surface area (Å²) in [6, 6.07) is 14.9. The molecule has 1 aliphatic carbocycles. The van der Waals surface area contributed by atoms with Gasteiger partial charge in [0.25, 0.3) is 0 Å². The summed E-state index contributed by atoms with van der Waals surface area (Å²) < 4.78 is 21.8. The Balaban J connectivity index is 1.57. The third kappa shape index (κ3) is 2.98. The summed E-state index contributed by atoms with van der Waals surface area (Å²) in [5, 5.41) is 11.9. The summed E-state index contributed by atoms with van der Waals surface area (Å²) in [5.41, 5.74) is -1.11. The second-order valence-corrected chi connectivity index (χ2v) is 9.15. The van der Waals surface area contributed by atoms with Crippen molar-refractivity contribution in [2.75, 3.05) is 14.2 Å². The molecule has 0 radical (unpaired) electrons. The van der Waals surface area contributed by atoms with Crippen LogP contribution in [0.2, 0.25) is 0 Å². The Morgan fingerprint density at radius 2 is 1.68 bits per heavy atom. The van der Waals surface area contributed by atoms with E-state index in [2.05, 4.69) is 0 Å². The first kappa shape index (κ1) is 23.5. The predicted octanol–water partition coefficient (Wildman–Crippen LogP) is 3.99. The molecular weight excluding hydrogens is 492 g/mol. The summed E-state index contributed by atoms with van der Waals surface area (Å²) in [6.45, 7) is 0. The van der Waals surface area contributed by atoms with Crippen LogP contribution in [0, 0.1) is 5.41 Å². The van der Waals surface area contributed by atoms with Gasteiger partial charge in [-0.2, -0.15) is 0 Å². The zero-order chi connectivity index (χ0) is 26.8. The molecule has 9 nitrogen and oxygen atoms in total. The molecule has 2 unspecified atom stereocenters. The highest BCUT2D eigenvalue weighted by Gasteiger charge is 2.63. The van der Waals surface area contributed by atoms with E-state index < -0.39 is 35.0 Å². The maximum absolute atomic E-state index is 14.1. The van der Waals surface area contributed by atoms with E-state index in [0.717, 1.165) is 13.4 Å². The number of aromatic hydroxyl groups is 1. The fourth-order valence-electron chi connectivity index (χ4n) is 5.47. The Kier molecular flexibility index (Phi) is 5.13. The molecule has 9 heteroatoms. The Bertz CT molecular complexity index is 1740.